The maximum Gasteiger partial charge on any atom is 0.238 e. The van der Waals surface area contributed by atoms with Gasteiger partial charge in [-0.25, -0.2) is 4.98 Å². The standard InChI is InChI=1S/C57H39N5Si/c1-4-22-41(23-5-1)63(42-24-6-2-7-25-42,43-26-8-3-9-27-43)44-28-20-21-40(39-44)55-58-56(60-57(59-55)62-52-36-17-12-31-47(52)48-32-13-18-37-53(48)62)49-33-14-19-38-54(49)61-50-34-15-10-29-45(50)46-30-11-16-35-51(46)61/h1-39H/i1D,4D,5D,10D,11D,12D,13D,15D,16D,17D,18D,20D,21D,22D,23D,28D,29D,30D,31D,32D,34D,36D,37D,39D. The minimum Gasteiger partial charge on any atom is -0.309 e. The lowest BCUT2D eigenvalue weighted by molar-refractivity contribution is 0.952. The van der Waals surface area contributed by atoms with Crippen molar-refractivity contribution >= 4 is 72.4 Å². The quantitative estimate of drug-likeness (QED) is 0.113. The Morgan fingerprint density at radius 3 is 1.52 bits per heavy atom. The van der Waals surface area contributed by atoms with Gasteiger partial charge in [-0.15, -0.1) is 0 Å². The average Bonchev–Trinajstić information content (AvgIpc) is 1.66. The van der Waals surface area contributed by atoms with E-state index in [1.165, 1.54) is 34.9 Å². The van der Waals surface area contributed by atoms with E-state index in [-0.39, 0.29) is 53.8 Å². The molecule has 0 spiro atoms. The van der Waals surface area contributed by atoms with Gasteiger partial charge < -0.3 is 4.57 Å². The third-order valence-corrected chi connectivity index (χ3v) is 15.3. The van der Waals surface area contributed by atoms with Crippen LogP contribution >= 0.6 is 0 Å². The molecular formula is C57H39N5Si. The molecule has 3 heterocycles. The van der Waals surface area contributed by atoms with Crippen LogP contribution in [0.5, 0.6) is 0 Å². The lowest BCUT2D eigenvalue weighted by atomic mass is 10.1. The second-order valence-electron chi connectivity index (χ2n) is 14.2. The lowest BCUT2D eigenvalue weighted by Gasteiger charge is -2.34. The third kappa shape index (κ3) is 5.87. The summed E-state index contributed by atoms with van der Waals surface area (Å²) in [5.74, 6) is -1.86. The molecule has 9 aromatic carbocycles. The van der Waals surface area contributed by atoms with E-state index < -0.39 is 198 Å². The summed E-state index contributed by atoms with van der Waals surface area (Å²) in [5, 5.41) is -1.26. The van der Waals surface area contributed by atoms with Crippen molar-refractivity contribution in [3.63, 3.8) is 0 Å². The van der Waals surface area contributed by atoms with Crippen molar-refractivity contribution in [2.24, 2.45) is 0 Å². The summed E-state index contributed by atoms with van der Waals surface area (Å²) < 4.78 is 223. The molecule has 0 amide bonds. The molecule has 12 aromatic rings. The number of benzene rings is 9. The van der Waals surface area contributed by atoms with Crippen LogP contribution < -0.4 is 20.7 Å². The van der Waals surface area contributed by atoms with Gasteiger partial charge in [0.15, 0.2) is 19.7 Å². The van der Waals surface area contributed by atoms with Crippen LogP contribution in [-0.2, 0) is 0 Å². The van der Waals surface area contributed by atoms with Crippen molar-refractivity contribution in [2.45, 2.75) is 0 Å². The first-order chi connectivity index (χ1) is 41.2. The average molecular weight is 846 g/mol. The Balaban J connectivity index is 1.31. The first-order valence-corrected chi connectivity index (χ1v) is 21.4. The SMILES string of the molecule is [2H]c1cc2c(c([2H])c1[2H])c1c([2H])c([2H])c([2H])c([2H])c1n2-c1ccccc1-c1nc(-c2c([2H])c([2H])c([2H])c([Si](c3ccccc3)(c3ccccc3)c3c([2H])c([2H])c([2H])c([2H])c3[2H])c2[2H])nc(-n2c3c([2H])c([2H])c([2H])c([2H])c3c3c([2H])c([2H])c([2H])c([2H])c32)n1. The summed E-state index contributed by atoms with van der Waals surface area (Å²) in [6.45, 7) is 0. The molecule has 0 saturated heterocycles. The van der Waals surface area contributed by atoms with Gasteiger partial charge in [-0.05, 0) is 57.1 Å². The summed E-state index contributed by atoms with van der Waals surface area (Å²) in [4.78, 5) is 14.6. The van der Waals surface area contributed by atoms with Gasteiger partial charge in [0, 0.05) is 32.7 Å². The topological polar surface area (TPSA) is 48.5 Å². The molecule has 0 atom stereocenters. The third-order valence-electron chi connectivity index (χ3n) is 10.9. The molecule has 0 aliphatic rings. The second-order valence-corrected chi connectivity index (χ2v) is 17.8. The monoisotopic (exact) mass is 845 g/mol. The summed E-state index contributed by atoms with van der Waals surface area (Å²) >= 11 is 0. The van der Waals surface area contributed by atoms with Crippen LogP contribution in [0.3, 0.4) is 0 Å². The molecule has 63 heavy (non-hydrogen) atoms. The Hall–Kier alpha value is -8.19. The molecule has 296 valence electrons. The van der Waals surface area contributed by atoms with E-state index in [9.17, 15) is 15.1 Å². The summed E-state index contributed by atoms with van der Waals surface area (Å²) in [5.41, 5.74) is -1.99. The zero-order chi connectivity index (χ0) is 62.6. The number of hydrogen-bond donors (Lipinski definition) is 0. The van der Waals surface area contributed by atoms with E-state index in [4.69, 9.17) is 32.8 Å². The maximum absolute atomic E-state index is 10.6. The number of aromatic nitrogens is 5. The number of nitrogens with zero attached hydrogens (tertiary/aromatic N) is 5. The Morgan fingerprint density at radius 1 is 0.365 bits per heavy atom. The van der Waals surface area contributed by atoms with Gasteiger partial charge in [0.05, 0.1) is 60.7 Å². The highest BCUT2D eigenvalue weighted by Crippen LogP contribution is 2.37. The number of hydrogen-bond acceptors (Lipinski definition) is 3. The normalized spacial score (nSPS) is 17.1. The zero-order valence-corrected chi connectivity index (χ0v) is 33.4. The van der Waals surface area contributed by atoms with Crippen LogP contribution in [-0.4, -0.2) is 32.2 Å². The maximum atomic E-state index is 10.6. The fourth-order valence-corrected chi connectivity index (χ4v) is 12.4. The fraction of sp³-hybridized carbons (Fsp3) is 0. The van der Waals surface area contributed by atoms with Gasteiger partial charge in [0.25, 0.3) is 0 Å². The molecule has 0 aliphatic carbocycles. The van der Waals surface area contributed by atoms with Gasteiger partial charge in [0.2, 0.25) is 5.95 Å². The first kappa shape index (κ1) is 19.7. The lowest BCUT2D eigenvalue weighted by Crippen LogP contribution is -2.74. The van der Waals surface area contributed by atoms with Gasteiger partial charge >= 0.3 is 0 Å². The van der Waals surface area contributed by atoms with Crippen molar-refractivity contribution in [1.82, 2.24) is 24.1 Å². The van der Waals surface area contributed by atoms with Crippen molar-refractivity contribution in [1.29, 1.82) is 0 Å². The van der Waals surface area contributed by atoms with Gasteiger partial charge in [-0.2, -0.15) is 9.97 Å². The van der Waals surface area contributed by atoms with Gasteiger partial charge in [-0.1, -0.05) is 200 Å². The van der Waals surface area contributed by atoms with Crippen LogP contribution in [0.15, 0.2) is 236 Å². The smallest absolute Gasteiger partial charge is 0.238 e. The fourth-order valence-electron chi connectivity index (χ4n) is 8.23. The van der Waals surface area contributed by atoms with Crippen LogP contribution in [0.2, 0.25) is 0 Å². The largest absolute Gasteiger partial charge is 0.309 e. The number of para-hydroxylation sites is 5. The Kier molecular flexibility index (Phi) is 4.70. The molecule has 0 unspecified atom stereocenters. The second kappa shape index (κ2) is 15.1. The van der Waals surface area contributed by atoms with Crippen LogP contribution in [0.4, 0.5) is 0 Å². The van der Waals surface area contributed by atoms with E-state index in [0.29, 0.717) is 0 Å². The van der Waals surface area contributed by atoms with Crippen molar-refractivity contribution in [3.05, 3.63) is 236 Å². The van der Waals surface area contributed by atoms with Crippen molar-refractivity contribution < 1.29 is 32.9 Å². The Bertz CT molecular complexity index is 4910. The van der Waals surface area contributed by atoms with Crippen LogP contribution in [0, 0.1) is 0 Å². The number of rotatable bonds is 8. The molecule has 3 aromatic heterocycles. The molecule has 0 fully saturated rings. The minimum atomic E-state index is -4.81. The van der Waals surface area contributed by atoms with Gasteiger partial charge in [-0.3, -0.25) is 4.57 Å². The molecule has 0 aliphatic heterocycles. The van der Waals surface area contributed by atoms with E-state index in [1.807, 2.05) is 0 Å². The predicted octanol–water partition coefficient (Wildman–Crippen LogP) is 10.8. The molecule has 5 nitrogen and oxygen atoms in total. The molecule has 0 saturated carbocycles. The predicted molar refractivity (Wildman–Crippen MR) is 263 cm³/mol. The highest BCUT2D eigenvalue weighted by atomic mass is 28.3. The van der Waals surface area contributed by atoms with E-state index in [0.717, 1.165) is 4.57 Å². The van der Waals surface area contributed by atoms with E-state index in [1.54, 1.807) is 60.7 Å². The summed E-state index contributed by atoms with van der Waals surface area (Å²) in [6, 6.07) is 6.22. The first-order valence-electron chi connectivity index (χ1n) is 31.4. The molecule has 0 radical (unpaired) electrons. The van der Waals surface area contributed by atoms with Crippen LogP contribution in [0.1, 0.15) is 32.9 Å². The van der Waals surface area contributed by atoms with Crippen molar-refractivity contribution in [2.75, 3.05) is 0 Å². The van der Waals surface area contributed by atoms with E-state index in [2.05, 4.69) is 0 Å². The summed E-state index contributed by atoms with van der Waals surface area (Å²) in [6.07, 6.45) is 0. The molecular weight excluding hydrogens is 783 g/mol. The molecule has 0 bridgehead atoms. The molecule has 12 rings (SSSR count). The molecule has 6 heteroatoms. The van der Waals surface area contributed by atoms with Gasteiger partial charge in [0.1, 0.15) is 0 Å². The molecule has 0 N–H and O–H groups in total. The highest BCUT2D eigenvalue weighted by Gasteiger charge is 2.41. The van der Waals surface area contributed by atoms with Crippen LogP contribution in [0.25, 0.3) is 78.0 Å². The zero-order valence-electron chi connectivity index (χ0n) is 56.4. The number of fused-ring (bicyclic) bond motifs is 6. The Labute approximate surface area is 399 Å². The minimum absolute atomic E-state index is 0.0328. The summed E-state index contributed by atoms with van der Waals surface area (Å²) in [7, 11) is -4.81. The van der Waals surface area contributed by atoms with E-state index >= 15 is 0 Å². The highest BCUT2D eigenvalue weighted by molar-refractivity contribution is 7.19. The van der Waals surface area contributed by atoms with Crippen molar-refractivity contribution in [3.8, 4) is 34.4 Å². The Morgan fingerprint density at radius 2 is 0.873 bits per heavy atom.